The van der Waals surface area contributed by atoms with E-state index in [2.05, 4.69) is 20.4 Å². The van der Waals surface area contributed by atoms with Crippen molar-refractivity contribution in [3.05, 3.63) is 29.8 Å². The first kappa shape index (κ1) is 14.9. The fraction of sp³-hybridized carbons (Fsp3) is 0.357. The van der Waals surface area contributed by atoms with Gasteiger partial charge in [0.05, 0.1) is 30.3 Å². The van der Waals surface area contributed by atoms with Crippen LogP contribution in [0, 0.1) is 13.8 Å². The first-order valence-electron chi connectivity index (χ1n) is 7.10. The monoisotopic (exact) mass is 316 g/mol. The van der Waals surface area contributed by atoms with Gasteiger partial charge in [-0.3, -0.25) is 9.69 Å². The number of hydrogen-bond acceptors (Lipinski definition) is 6. The van der Waals surface area contributed by atoms with E-state index < -0.39 is 6.09 Å². The number of cyclic esters (lactones) is 1. The average Bonchev–Trinajstić information content (AvgIpc) is 3.05. The quantitative estimate of drug-likeness (QED) is 0.889. The highest BCUT2D eigenvalue weighted by Crippen LogP contribution is 2.10. The summed E-state index contributed by atoms with van der Waals surface area (Å²) in [5.74, 6) is 0.100. The number of anilines is 1. The number of nitrogens with one attached hydrogen (secondary N) is 1. The van der Waals surface area contributed by atoms with E-state index >= 15 is 0 Å². The van der Waals surface area contributed by atoms with E-state index in [9.17, 15) is 9.59 Å². The molecular formula is C14H16N6O3. The Hall–Kier alpha value is -2.97. The molecule has 0 saturated carbocycles. The summed E-state index contributed by atoms with van der Waals surface area (Å²) >= 11 is 0. The van der Waals surface area contributed by atoms with Gasteiger partial charge in [-0.15, -0.1) is 0 Å². The van der Waals surface area contributed by atoms with Crippen molar-refractivity contribution in [2.24, 2.45) is 0 Å². The van der Waals surface area contributed by atoms with Crippen LogP contribution < -0.4 is 5.32 Å². The highest BCUT2D eigenvalue weighted by atomic mass is 16.6. The Bertz CT molecular complexity index is 739. The lowest BCUT2D eigenvalue weighted by atomic mass is 10.4. The largest absolute Gasteiger partial charge is 0.448 e. The van der Waals surface area contributed by atoms with Crippen LogP contribution in [0.15, 0.2) is 18.5 Å². The zero-order valence-corrected chi connectivity index (χ0v) is 12.8. The van der Waals surface area contributed by atoms with E-state index in [0.717, 1.165) is 11.4 Å². The molecule has 2 aromatic rings. The van der Waals surface area contributed by atoms with Gasteiger partial charge in [0.25, 0.3) is 5.95 Å². The highest BCUT2D eigenvalue weighted by Gasteiger charge is 2.24. The summed E-state index contributed by atoms with van der Waals surface area (Å²) < 4.78 is 6.39. The molecule has 0 atom stereocenters. The van der Waals surface area contributed by atoms with Crippen LogP contribution in [0.1, 0.15) is 11.4 Å². The molecule has 120 valence electrons. The molecule has 3 rings (SSSR count). The minimum atomic E-state index is -0.476. The maximum Gasteiger partial charge on any atom is 0.410 e. The molecule has 9 heteroatoms. The minimum absolute atomic E-state index is 0.0575. The molecule has 0 spiro atoms. The lowest BCUT2D eigenvalue weighted by molar-refractivity contribution is -0.116. The standard InChI is InChI=1S/C14H16N6O3/c1-9-5-10(2)20(18-9)13-15-6-11(7-16-13)17-12(21)8-19-3-4-23-14(19)22/h5-7H,3-4,8H2,1-2H3,(H,17,21). The van der Waals surface area contributed by atoms with Gasteiger partial charge in [-0.2, -0.15) is 5.10 Å². The van der Waals surface area contributed by atoms with E-state index in [1.165, 1.54) is 17.3 Å². The van der Waals surface area contributed by atoms with Crippen LogP contribution in [0.3, 0.4) is 0 Å². The van der Waals surface area contributed by atoms with Crippen LogP contribution in [0.25, 0.3) is 5.95 Å². The van der Waals surface area contributed by atoms with Crippen molar-refractivity contribution < 1.29 is 14.3 Å². The van der Waals surface area contributed by atoms with Crippen molar-refractivity contribution in [3.63, 3.8) is 0 Å². The smallest absolute Gasteiger partial charge is 0.410 e. The maximum atomic E-state index is 11.9. The molecule has 1 saturated heterocycles. The van der Waals surface area contributed by atoms with Crippen molar-refractivity contribution in [1.29, 1.82) is 0 Å². The molecule has 23 heavy (non-hydrogen) atoms. The third-order valence-corrected chi connectivity index (χ3v) is 3.30. The maximum absolute atomic E-state index is 11.9. The summed E-state index contributed by atoms with van der Waals surface area (Å²) in [4.78, 5) is 32.9. The van der Waals surface area contributed by atoms with Gasteiger partial charge in [0, 0.05) is 5.69 Å². The molecule has 0 unspecified atom stereocenters. The molecule has 9 nitrogen and oxygen atoms in total. The normalized spacial score (nSPS) is 14.0. The van der Waals surface area contributed by atoms with Crippen LogP contribution in [0.5, 0.6) is 0 Å². The van der Waals surface area contributed by atoms with E-state index in [0.29, 0.717) is 24.8 Å². The van der Waals surface area contributed by atoms with E-state index in [1.807, 2.05) is 19.9 Å². The number of nitrogens with zero attached hydrogens (tertiary/aromatic N) is 5. The summed E-state index contributed by atoms with van der Waals surface area (Å²) in [5, 5.41) is 6.94. The predicted molar refractivity (Wildman–Crippen MR) is 80.2 cm³/mol. The Morgan fingerprint density at radius 1 is 1.35 bits per heavy atom. The zero-order chi connectivity index (χ0) is 16.4. The molecule has 1 N–H and O–H groups in total. The summed E-state index contributed by atoms with van der Waals surface area (Å²) in [6.07, 6.45) is 2.52. The predicted octanol–water partition coefficient (Wildman–Crippen LogP) is 0.670. The number of aromatic nitrogens is 4. The fourth-order valence-corrected chi connectivity index (χ4v) is 2.27. The molecule has 0 aromatic carbocycles. The number of ether oxygens (including phenoxy) is 1. The first-order chi connectivity index (χ1) is 11.0. The van der Waals surface area contributed by atoms with Crippen molar-refractivity contribution in [3.8, 4) is 5.95 Å². The molecule has 1 aliphatic rings. The van der Waals surface area contributed by atoms with Crippen molar-refractivity contribution in [2.45, 2.75) is 13.8 Å². The lowest BCUT2D eigenvalue weighted by Crippen LogP contribution is -2.33. The van der Waals surface area contributed by atoms with E-state index in [-0.39, 0.29) is 12.5 Å². The number of carbonyl (C=O) groups excluding carboxylic acids is 2. The molecule has 0 bridgehead atoms. The Morgan fingerprint density at radius 2 is 2.09 bits per heavy atom. The SMILES string of the molecule is Cc1cc(C)n(-c2ncc(NC(=O)CN3CCOC3=O)cn2)n1. The Kier molecular flexibility index (Phi) is 3.92. The number of rotatable bonds is 4. The Labute approximate surface area is 132 Å². The topological polar surface area (TPSA) is 102 Å². The van der Waals surface area contributed by atoms with Gasteiger partial charge in [0.1, 0.15) is 13.2 Å². The Balaban J connectivity index is 1.64. The summed E-state index contributed by atoms with van der Waals surface area (Å²) in [7, 11) is 0. The zero-order valence-electron chi connectivity index (χ0n) is 12.8. The van der Waals surface area contributed by atoms with Crippen molar-refractivity contribution in [1.82, 2.24) is 24.6 Å². The third kappa shape index (κ3) is 3.28. The number of aryl methyl sites for hydroxylation is 2. The van der Waals surface area contributed by atoms with Crippen LogP contribution in [0.4, 0.5) is 10.5 Å². The number of hydrogen-bond donors (Lipinski definition) is 1. The van der Waals surface area contributed by atoms with Crippen LogP contribution in [-0.4, -0.2) is 56.3 Å². The number of carbonyl (C=O) groups is 2. The molecule has 2 amide bonds. The average molecular weight is 316 g/mol. The van der Waals surface area contributed by atoms with Crippen molar-refractivity contribution >= 4 is 17.7 Å². The highest BCUT2D eigenvalue weighted by molar-refractivity contribution is 5.93. The lowest BCUT2D eigenvalue weighted by Gasteiger charge is -2.12. The second-order valence-electron chi connectivity index (χ2n) is 5.19. The molecule has 3 heterocycles. The second kappa shape index (κ2) is 6.03. The van der Waals surface area contributed by atoms with E-state index in [1.54, 1.807) is 4.68 Å². The van der Waals surface area contributed by atoms with Gasteiger partial charge in [0.15, 0.2) is 0 Å². The minimum Gasteiger partial charge on any atom is -0.448 e. The molecule has 2 aromatic heterocycles. The van der Waals surface area contributed by atoms with Crippen molar-refractivity contribution in [2.75, 3.05) is 25.0 Å². The van der Waals surface area contributed by atoms with Gasteiger partial charge in [-0.1, -0.05) is 0 Å². The molecule has 0 radical (unpaired) electrons. The third-order valence-electron chi connectivity index (χ3n) is 3.30. The van der Waals surface area contributed by atoms with Gasteiger partial charge in [-0.05, 0) is 19.9 Å². The van der Waals surface area contributed by atoms with Gasteiger partial charge < -0.3 is 10.1 Å². The summed E-state index contributed by atoms with van der Waals surface area (Å²) in [5.41, 5.74) is 2.25. The first-order valence-corrected chi connectivity index (χ1v) is 7.10. The van der Waals surface area contributed by atoms with Gasteiger partial charge in [-0.25, -0.2) is 19.4 Å². The molecular weight excluding hydrogens is 300 g/mol. The Morgan fingerprint density at radius 3 is 2.65 bits per heavy atom. The van der Waals surface area contributed by atoms with E-state index in [4.69, 9.17) is 4.74 Å². The summed E-state index contributed by atoms with van der Waals surface area (Å²) in [6.45, 7) is 4.47. The second-order valence-corrected chi connectivity index (χ2v) is 5.19. The summed E-state index contributed by atoms with van der Waals surface area (Å²) in [6, 6.07) is 1.92. The number of amides is 2. The molecule has 0 aliphatic carbocycles. The molecule has 1 fully saturated rings. The van der Waals surface area contributed by atoms with Crippen LogP contribution in [0.2, 0.25) is 0 Å². The van der Waals surface area contributed by atoms with Crippen LogP contribution in [-0.2, 0) is 9.53 Å². The van der Waals surface area contributed by atoms with Crippen LogP contribution >= 0.6 is 0 Å². The molecule has 1 aliphatic heterocycles. The van der Waals surface area contributed by atoms with Gasteiger partial charge >= 0.3 is 6.09 Å². The van der Waals surface area contributed by atoms with Gasteiger partial charge in [0.2, 0.25) is 5.91 Å². The fourth-order valence-electron chi connectivity index (χ4n) is 2.27.